The number of imide groups is 1. The number of furan rings is 1. The van der Waals surface area contributed by atoms with Gasteiger partial charge in [0.2, 0.25) is 11.7 Å². The van der Waals surface area contributed by atoms with Crippen LogP contribution in [0.2, 0.25) is 0 Å². The number of anilines is 1. The van der Waals surface area contributed by atoms with E-state index in [0.29, 0.717) is 22.4 Å². The van der Waals surface area contributed by atoms with Crippen molar-refractivity contribution in [1.82, 2.24) is 25.5 Å². The number of hydrogen-bond acceptors (Lipinski definition) is 8. The Kier molecular flexibility index (Phi) is 3.91. The van der Waals surface area contributed by atoms with Gasteiger partial charge in [-0.3, -0.25) is 14.9 Å². The maximum atomic E-state index is 13.0. The van der Waals surface area contributed by atoms with Gasteiger partial charge >= 0.3 is 6.03 Å². The molecule has 11 heteroatoms. The van der Waals surface area contributed by atoms with Gasteiger partial charge < -0.3 is 25.1 Å². The molecule has 4 heterocycles. The Morgan fingerprint density at radius 2 is 2.06 bits per heavy atom. The topological polar surface area (TPSA) is 153 Å². The van der Waals surface area contributed by atoms with Gasteiger partial charge in [-0.15, -0.1) is 0 Å². The molecule has 0 saturated carbocycles. The number of methoxy groups -OCH3 is 1. The first-order valence-electron chi connectivity index (χ1n) is 9.44. The smallest absolute Gasteiger partial charge is 0.322 e. The largest absolute Gasteiger partial charge is 0.497 e. The third-order valence-electron chi connectivity index (χ3n) is 5.59. The van der Waals surface area contributed by atoms with Crippen LogP contribution in [0, 0.1) is 6.92 Å². The number of nitrogen functional groups attached to an aromatic ring is 1. The number of fused-ring (bicyclic) bond motifs is 2. The summed E-state index contributed by atoms with van der Waals surface area (Å²) in [7, 11) is 1.52. The monoisotopic (exact) mass is 422 g/mol. The van der Waals surface area contributed by atoms with E-state index >= 15 is 0 Å². The lowest BCUT2D eigenvalue weighted by molar-refractivity contribution is -0.125. The molecule has 158 valence electrons. The lowest BCUT2D eigenvalue weighted by atomic mass is 9.95. The van der Waals surface area contributed by atoms with Gasteiger partial charge in [-0.2, -0.15) is 4.98 Å². The van der Waals surface area contributed by atoms with E-state index in [0.717, 1.165) is 5.56 Å². The fourth-order valence-electron chi connectivity index (χ4n) is 4.03. The number of aryl methyl sites for hydroxylation is 1. The quantitative estimate of drug-likeness (QED) is 0.522. The van der Waals surface area contributed by atoms with Crippen molar-refractivity contribution in [3.63, 3.8) is 0 Å². The van der Waals surface area contributed by atoms with E-state index in [2.05, 4.69) is 20.6 Å². The molecule has 4 amide bonds. The van der Waals surface area contributed by atoms with Gasteiger partial charge in [0.1, 0.15) is 11.5 Å². The lowest BCUT2D eigenvalue weighted by Crippen LogP contribution is -2.52. The predicted octanol–water partition coefficient (Wildman–Crippen LogP) is 0.813. The third-order valence-corrected chi connectivity index (χ3v) is 5.59. The van der Waals surface area contributed by atoms with Crippen LogP contribution in [0.15, 0.2) is 28.7 Å². The summed E-state index contributed by atoms with van der Waals surface area (Å²) < 4.78 is 11.0. The molecule has 11 nitrogen and oxygen atoms in total. The SMILES string of the molecule is COc1ccc2c(c1)C(=O)N(CC1(c3cc4c(C)nc(N)nc4o3)NC(=O)NC1=O)C2. The van der Waals surface area contributed by atoms with Crippen molar-refractivity contribution in [2.45, 2.75) is 19.0 Å². The van der Waals surface area contributed by atoms with Gasteiger partial charge in [-0.1, -0.05) is 6.07 Å². The molecule has 4 N–H and O–H groups in total. The summed E-state index contributed by atoms with van der Waals surface area (Å²) in [5.74, 6) is -0.191. The minimum atomic E-state index is -1.62. The first-order valence-corrected chi connectivity index (χ1v) is 9.44. The number of nitrogens with one attached hydrogen (secondary N) is 2. The molecule has 5 rings (SSSR count). The molecule has 3 aromatic rings. The second-order valence-electron chi connectivity index (χ2n) is 7.49. The van der Waals surface area contributed by atoms with Crippen molar-refractivity contribution in [2.75, 3.05) is 19.4 Å². The van der Waals surface area contributed by atoms with Crippen LogP contribution in [-0.2, 0) is 16.9 Å². The molecule has 0 radical (unpaired) electrons. The fourth-order valence-corrected chi connectivity index (χ4v) is 4.03. The molecule has 0 spiro atoms. The summed E-state index contributed by atoms with van der Waals surface area (Å²) in [5, 5.41) is 5.42. The third kappa shape index (κ3) is 2.77. The van der Waals surface area contributed by atoms with Gasteiger partial charge in [0.15, 0.2) is 5.54 Å². The summed E-state index contributed by atoms with van der Waals surface area (Å²) in [5.41, 5.74) is 6.11. The maximum absolute atomic E-state index is 13.0. The molecule has 1 aromatic carbocycles. The molecule has 1 unspecified atom stereocenters. The Hall–Kier alpha value is -4.15. The first-order chi connectivity index (χ1) is 14.8. The highest BCUT2D eigenvalue weighted by Crippen LogP contribution is 2.35. The van der Waals surface area contributed by atoms with Crippen LogP contribution >= 0.6 is 0 Å². The van der Waals surface area contributed by atoms with E-state index in [4.69, 9.17) is 14.9 Å². The number of carbonyl (C=O) groups excluding carboxylic acids is 3. The summed E-state index contributed by atoms with van der Waals surface area (Å²) in [6.45, 7) is 1.87. The average Bonchev–Trinajstić information content (AvgIpc) is 3.37. The number of amides is 4. The van der Waals surface area contributed by atoms with Gasteiger partial charge in [0.25, 0.3) is 11.8 Å². The summed E-state index contributed by atoms with van der Waals surface area (Å²) in [6.07, 6.45) is 0. The van der Waals surface area contributed by atoms with Crippen LogP contribution in [0.3, 0.4) is 0 Å². The standard InChI is InChI=1S/C20H18N6O5/c1-9-12-6-14(31-15(12)23-18(21)22-9)20(17(28)24-19(29)25-20)8-26-7-10-3-4-11(30-2)5-13(10)16(26)27/h3-6H,7-8H2,1-2H3,(H2,21,22,23)(H2,24,25,28,29). The molecule has 0 bridgehead atoms. The van der Waals surface area contributed by atoms with E-state index in [1.807, 2.05) is 0 Å². The average molecular weight is 422 g/mol. The first kappa shape index (κ1) is 18.9. The number of aromatic nitrogens is 2. The summed E-state index contributed by atoms with van der Waals surface area (Å²) >= 11 is 0. The van der Waals surface area contributed by atoms with Gasteiger partial charge in [0.05, 0.1) is 24.7 Å². The molecular formula is C20H18N6O5. The summed E-state index contributed by atoms with van der Waals surface area (Å²) in [4.78, 5) is 47.7. The van der Waals surface area contributed by atoms with Crippen LogP contribution in [-0.4, -0.2) is 46.4 Å². The highest BCUT2D eigenvalue weighted by Gasteiger charge is 2.53. The lowest BCUT2D eigenvalue weighted by Gasteiger charge is -2.28. The zero-order valence-corrected chi connectivity index (χ0v) is 16.7. The Labute approximate surface area is 175 Å². The molecule has 0 aliphatic carbocycles. The molecule has 2 aliphatic heterocycles. The molecule has 1 fully saturated rings. The Morgan fingerprint density at radius 1 is 1.26 bits per heavy atom. The highest BCUT2D eigenvalue weighted by molar-refractivity contribution is 6.08. The molecule has 2 aliphatic rings. The molecule has 1 atom stereocenters. The molecule has 2 aromatic heterocycles. The second-order valence-corrected chi connectivity index (χ2v) is 7.49. The summed E-state index contributed by atoms with van der Waals surface area (Å²) in [6, 6.07) is 6.13. The van der Waals surface area contributed by atoms with Crippen LogP contribution < -0.4 is 21.1 Å². The van der Waals surface area contributed by atoms with Crippen molar-refractivity contribution < 1.29 is 23.5 Å². The van der Waals surface area contributed by atoms with Gasteiger partial charge in [0, 0.05) is 12.1 Å². The second kappa shape index (κ2) is 6.42. The number of carbonyl (C=O) groups is 3. The van der Waals surface area contributed by atoms with Crippen LogP contribution in [0.1, 0.15) is 27.4 Å². The fraction of sp³-hybridized carbons (Fsp3) is 0.250. The number of ether oxygens (including phenoxy) is 1. The number of rotatable bonds is 4. The van der Waals surface area contributed by atoms with E-state index in [9.17, 15) is 14.4 Å². The molecule has 31 heavy (non-hydrogen) atoms. The van der Waals surface area contributed by atoms with E-state index in [1.54, 1.807) is 31.2 Å². The van der Waals surface area contributed by atoms with E-state index in [-0.39, 0.29) is 36.4 Å². The normalized spacial score (nSPS) is 20.2. The van der Waals surface area contributed by atoms with E-state index in [1.165, 1.54) is 12.0 Å². The van der Waals surface area contributed by atoms with Crippen LogP contribution in [0.5, 0.6) is 5.75 Å². The van der Waals surface area contributed by atoms with Gasteiger partial charge in [-0.05, 0) is 30.7 Å². The van der Waals surface area contributed by atoms with E-state index < -0.39 is 17.5 Å². The van der Waals surface area contributed by atoms with Crippen molar-refractivity contribution in [1.29, 1.82) is 0 Å². The zero-order valence-electron chi connectivity index (χ0n) is 16.7. The van der Waals surface area contributed by atoms with Crippen molar-refractivity contribution in [3.05, 3.63) is 46.8 Å². The number of benzene rings is 1. The Morgan fingerprint density at radius 3 is 2.77 bits per heavy atom. The number of nitrogens with two attached hydrogens (primary N) is 1. The Bertz CT molecular complexity index is 1280. The number of nitrogens with zero attached hydrogens (tertiary/aromatic N) is 3. The van der Waals surface area contributed by atoms with Crippen LogP contribution in [0.4, 0.5) is 10.7 Å². The van der Waals surface area contributed by atoms with Crippen molar-refractivity contribution >= 4 is 34.9 Å². The van der Waals surface area contributed by atoms with Crippen molar-refractivity contribution in [3.8, 4) is 5.75 Å². The Balaban J connectivity index is 1.57. The number of urea groups is 1. The number of hydrogen-bond donors (Lipinski definition) is 3. The van der Waals surface area contributed by atoms with Crippen LogP contribution in [0.25, 0.3) is 11.1 Å². The molecule has 1 saturated heterocycles. The minimum absolute atomic E-state index is 0.0268. The molecular weight excluding hydrogens is 404 g/mol. The minimum Gasteiger partial charge on any atom is -0.497 e. The zero-order chi connectivity index (χ0) is 21.9. The van der Waals surface area contributed by atoms with Crippen molar-refractivity contribution in [2.24, 2.45) is 0 Å². The highest BCUT2D eigenvalue weighted by atomic mass is 16.5. The predicted molar refractivity (Wildman–Crippen MR) is 107 cm³/mol. The maximum Gasteiger partial charge on any atom is 0.322 e. The van der Waals surface area contributed by atoms with Gasteiger partial charge in [-0.25, -0.2) is 9.78 Å².